The SMILES string of the molecule is CCN(CCO)C(=O)c1ccc2ccccc2c1. The highest BCUT2D eigenvalue weighted by Gasteiger charge is 2.13. The van der Waals surface area contributed by atoms with Crippen LogP contribution in [0.3, 0.4) is 0 Å². The van der Waals surface area contributed by atoms with Crippen LogP contribution in [0.4, 0.5) is 0 Å². The van der Waals surface area contributed by atoms with Gasteiger partial charge in [0.25, 0.3) is 5.91 Å². The monoisotopic (exact) mass is 243 g/mol. The van der Waals surface area contributed by atoms with Crippen molar-refractivity contribution in [3.8, 4) is 0 Å². The van der Waals surface area contributed by atoms with Crippen LogP contribution in [-0.2, 0) is 0 Å². The van der Waals surface area contributed by atoms with E-state index in [-0.39, 0.29) is 12.5 Å². The molecule has 0 aliphatic heterocycles. The summed E-state index contributed by atoms with van der Waals surface area (Å²) < 4.78 is 0. The van der Waals surface area contributed by atoms with Gasteiger partial charge in [-0.1, -0.05) is 30.3 Å². The van der Waals surface area contributed by atoms with E-state index < -0.39 is 0 Å². The number of benzene rings is 2. The van der Waals surface area contributed by atoms with Crippen LogP contribution < -0.4 is 0 Å². The minimum Gasteiger partial charge on any atom is -0.395 e. The molecule has 1 N–H and O–H groups in total. The Hall–Kier alpha value is -1.87. The Morgan fingerprint density at radius 1 is 1.17 bits per heavy atom. The Kier molecular flexibility index (Phi) is 3.95. The maximum atomic E-state index is 12.2. The molecule has 2 aromatic carbocycles. The molecule has 0 aliphatic carbocycles. The van der Waals surface area contributed by atoms with E-state index >= 15 is 0 Å². The van der Waals surface area contributed by atoms with Crippen molar-refractivity contribution in [2.75, 3.05) is 19.7 Å². The molecule has 3 heteroatoms. The molecule has 94 valence electrons. The molecule has 18 heavy (non-hydrogen) atoms. The summed E-state index contributed by atoms with van der Waals surface area (Å²) in [4.78, 5) is 13.9. The number of hydrogen-bond acceptors (Lipinski definition) is 2. The third-order valence-corrected chi connectivity index (χ3v) is 3.04. The van der Waals surface area contributed by atoms with Crippen LogP contribution in [-0.4, -0.2) is 35.6 Å². The summed E-state index contributed by atoms with van der Waals surface area (Å²) in [6, 6.07) is 13.6. The highest BCUT2D eigenvalue weighted by Crippen LogP contribution is 2.16. The summed E-state index contributed by atoms with van der Waals surface area (Å²) in [5.41, 5.74) is 0.670. The molecule has 0 atom stereocenters. The van der Waals surface area contributed by atoms with Gasteiger partial charge in [0.05, 0.1) is 6.61 Å². The number of aliphatic hydroxyl groups is 1. The summed E-state index contributed by atoms with van der Waals surface area (Å²) in [7, 11) is 0. The summed E-state index contributed by atoms with van der Waals surface area (Å²) >= 11 is 0. The quantitative estimate of drug-likeness (QED) is 0.895. The van der Waals surface area contributed by atoms with Crippen molar-refractivity contribution in [1.82, 2.24) is 4.90 Å². The Bertz CT molecular complexity index is 551. The number of nitrogens with zero attached hydrogens (tertiary/aromatic N) is 1. The first-order valence-electron chi connectivity index (χ1n) is 6.15. The van der Waals surface area contributed by atoms with E-state index in [2.05, 4.69) is 0 Å². The molecular weight excluding hydrogens is 226 g/mol. The van der Waals surface area contributed by atoms with Gasteiger partial charge in [-0.05, 0) is 29.8 Å². The Labute approximate surface area is 107 Å². The number of fused-ring (bicyclic) bond motifs is 1. The normalized spacial score (nSPS) is 10.6. The molecule has 0 aliphatic rings. The lowest BCUT2D eigenvalue weighted by atomic mass is 10.1. The number of carbonyl (C=O) groups excluding carboxylic acids is 1. The van der Waals surface area contributed by atoms with Gasteiger partial charge < -0.3 is 10.0 Å². The fourth-order valence-electron chi connectivity index (χ4n) is 2.03. The Morgan fingerprint density at radius 2 is 1.89 bits per heavy atom. The summed E-state index contributed by atoms with van der Waals surface area (Å²) in [5.74, 6) is -0.0303. The lowest BCUT2D eigenvalue weighted by Crippen LogP contribution is -2.33. The van der Waals surface area contributed by atoms with Gasteiger partial charge in [-0.2, -0.15) is 0 Å². The first-order valence-corrected chi connectivity index (χ1v) is 6.15. The van der Waals surface area contributed by atoms with Crippen molar-refractivity contribution in [1.29, 1.82) is 0 Å². The van der Waals surface area contributed by atoms with Crippen LogP contribution in [0.1, 0.15) is 17.3 Å². The Balaban J connectivity index is 2.32. The molecule has 0 heterocycles. The van der Waals surface area contributed by atoms with E-state index in [0.717, 1.165) is 10.8 Å². The predicted molar refractivity (Wildman–Crippen MR) is 72.6 cm³/mol. The standard InChI is InChI=1S/C15H17NO2/c1-2-16(9-10-17)15(18)14-8-7-12-5-3-4-6-13(12)11-14/h3-8,11,17H,2,9-10H2,1H3. The smallest absolute Gasteiger partial charge is 0.253 e. The highest BCUT2D eigenvalue weighted by molar-refractivity contribution is 5.98. The number of hydrogen-bond donors (Lipinski definition) is 1. The second-order valence-electron chi connectivity index (χ2n) is 4.17. The van der Waals surface area contributed by atoms with Gasteiger partial charge in [0.15, 0.2) is 0 Å². The Morgan fingerprint density at radius 3 is 2.56 bits per heavy atom. The summed E-state index contributed by atoms with van der Waals surface area (Å²) in [6.07, 6.45) is 0. The minimum absolute atomic E-state index is 0.00678. The second-order valence-corrected chi connectivity index (χ2v) is 4.17. The number of rotatable bonds is 4. The van der Waals surface area contributed by atoms with Gasteiger partial charge in [-0.15, -0.1) is 0 Å². The molecular formula is C15H17NO2. The van der Waals surface area contributed by atoms with Crippen molar-refractivity contribution in [3.63, 3.8) is 0 Å². The topological polar surface area (TPSA) is 40.5 Å². The molecule has 3 nitrogen and oxygen atoms in total. The molecule has 0 radical (unpaired) electrons. The van der Waals surface area contributed by atoms with Gasteiger partial charge in [-0.25, -0.2) is 0 Å². The van der Waals surface area contributed by atoms with E-state index in [1.54, 1.807) is 4.90 Å². The van der Waals surface area contributed by atoms with Crippen LogP contribution in [0.15, 0.2) is 42.5 Å². The largest absolute Gasteiger partial charge is 0.395 e. The zero-order valence-corrected chi connectivity index (χ0v) is 10.5. The molecule has 0 unspecified atom stereocenters. The number of aliphatic hydroxyl groups excluding tert-OH is 1. The van der Waals surface area contributed by atoms with Crippen LogP contribution in [0.25, 0.3) is 10.8 Å². The summed E-state index contributed by atoms with van der Waals surface area (Å²) in [6.45, 7) is 2.89. The van der Waals surface area contributed by atoms with Gasteiger partial charge in [0, 0.05) is 18.7 Å². The number of amides is 1. The molecule has 0 spiro atoms. The van der Waals surface area contributed by atoms with Gasteiger partial charge in [0.1, 0.15) is 0 Å². The van der Waals surface area contributed by atoms with E-state index in [4.69, 9.17) is 5.11 Å². The lowest BCUT2D eigenvalue weighted by Gasteiger charge is -2.19. The van der Waals surface area contributed by atoms with E-state index in [0.29, 0.717) is 18.7 Å². The van der Waals surface area contributed by atoms with Crippen LogP contribution in [0, 0.1) is 0 Å². The van der Waals surface area contributed by atoms with Crippen LogP contribution in [0.2, 0.25) is 0 Å². The molecule has 0 saturated heterocycles. The molecule has 2 rings (SSSR count). The van der Waals surface area contributed by atoms with Gasteiger partial charge in [-0.3, -0.25) is 4.79 Å². The molecule has 0 saturated carbocycles. The van der Waals surface area contributed by atoms with Crippen molar-refractivity contribution in [3.05, 3.63) is 48.0 Å². The maximum Gasteiger partial charge on any atom is 0.253 e. The van der Waals surface area contributed by atoms with Crippen molar-refractivity contribution >= 4 is 16.7 Å². The summed E-state index contributed by atoms with van der Waals surface area (Å²) in [5, 5.41) is 11.1. The molecule has 1 amide bonds. The van der Waals surface area contributed by atoms with E-state index in [9.17, 15) is 4.79 Å². The third-order valence-electron chi connectivity index (χ3n) is 3.04. The van der Waals surface area contributed by atoms with Crippen LogP contribution in [0.5, 0.6) is 0 Å². The first kappa shape index (κ1) is 12.6. The molecule has 0 fully saturated rings. The zero-order chi connectivity index (χ0) is 13.0. The predicted octanol–water partition coefficient (Wildman–Crippen LogP) is 2.29. The van der Waals surface area contributed by atoms with Crippen molar-refractivity contribution < 1.29 is 9.90 Å². The van der Waals surface area contributed by atoms with Gasteiger partial charge in [0.2, 0.25) is 0 Å². The van der Waals surface area contributed by atoms with Crippen molar-refractivity contribution in [2.24, 2.45) is 0 Å². The first-order chi connectivity index (χ1) is 8.76. The molecule has 0 aromatic heterocycles. The average Bonchev–Trinajstić information content (AvgIpc) is 2.43. The lowest BCUT2D eigenvalue weighted by molar-refractivity contribution is 0.0732. The average molecular weight is 243 g/mol. The molecule has 0 bridgehead atoms. The maximum absolute atomic E-state index is 12.2. The van der Waals surface area contributed by atoms with Crippen LogP contribution >= 0.6 is 0 Å². The number of likely N-dealkylation sites (N-methyl/N-ethyl adjacent to an activating group) is 1. The van der Waals surface area contributed by atoms with E-state index in [1.807, 2.05) is 49.4 Å². The third kappa shape index (κ3) is 2.51. The fraction of sp³-hybridized carbons (Fsp3) is 0.267. The fourth-order valence-corrected chi connectivity index (χ4v) is 2.03. The van der Waals surface area contributed by atoms with E-state index in [1.165, 1.54) is 0 Å². The minimum atomic E-state index is -0.0303. The molecule has 2 aromatic rings. The number of carbonyl (C=O) groups is 1. The highest BCUT2D eigenvalue weighted by atomic mass is 16.3. The zero-order valence-electron chi connectivity index (χ0n) is 10.5. The van der Waals surface area contributed by atoms with Gasteiger partial charge >= 0.3 is 0 Å². The van der Waals surface area contributed by atoms with Crippen molar-refractivity contribution in [2.45, 2.75) is 6.92 Å². The second kappa shape index (κ2) is 5.65.